The molecule has 0 spiro atoms. The Morgan fingerprint density at radius 1 is 1.00 bits per heavy atom. The highest BCUT2D eigenvalue weighted by atomic mass is 16.2. The fourth-order valence-corrected chi connectivity index (χ4v) is 3.66. The summed E-state index contributed by atoms with van der Waals surface area (Å²) in [6.45, 7) is 5.39. The molecule has 4 heteroatoms. The fourth-order valence-electron chi connectivity index (χ4n) is 3.66. The molecule has 0 saturated carbocycles. The summed E-state index contributed by atoms with van der Waals surface area (Å²) in [5.41, 5.74) is 0. The van der Waals surface area contributed by atoms with Gasteiger partial charge in [0.15, 0.2) is 0 Å². The van der Waals surface area contributed by atoms with Crippen molar-refractivity contribution >= 4 is 5.91 Å². The van der Waals surface area contributed by atoms with Gasteiger partial charge in [-0.15, -0.1) is 0 Å². The van der Waals surface area contributed by atoms with Crippen LogP contribution in [0.4, 0.5) is 0 Å². The Kier molecular flexibility index (Phi) is 3.34. The highest BCUT2D eigenvalue weighted by molar-refractivity contribution is 5.80. The second-order valence-electron chi connectivity index (χ2n) is 5.56. The Morgan fingerprint density at radius 3 is 2.65 bits per heavy atom. The van der Waals surface area contributed by atoms with Crippen molar-refractivity contribution in [3.8, 4) is 0 Å². The van der Waals surface area contributed by atoms with Crippen LogP contribution in [-0.2, 0) is 4.79 Å². The number of rotatable bonds is 1. The van der Waals surface area contributed by atoms with Gasteiger partial charge in [-0.2, -0.15) is 0 Å². The standard InChI is InChI=1S/C13H23N3O/c17-13-10-12(15-8-5-14-6-9-15)11-4-2-1-3-7-16(11)13/h11-12,14H,1-10H2. The van der Waals surface area contributed by atoms with E-state index >= 15 is 0 Å². The molecule has 2 atom stereocenters. The topological polar surface area (TPSA) is 35.6 Å². The zero-order valence-corrected chi connectivity index (χ0v) is 10.5. The fraction of sp³-hybridized carbons (Fsp3) is 0.923. The maximum absolute atomic E-state index is 12.1. The molecule has 3 aliphatic heterocycles. The lowest BCUT2D eigenvalue weighted by Gasteiger charge is -2.36. The molecule has 96 valence electrons. The third-order valence-electron chi connectivity index (χ3n) is 4.57. The number of piperazine rings is 1. The van der Waals surface area contributed by atoms with Crippen molar-refractivity contribution in [2.75, 3.05) is 32.7 Å². The molecule has 0 aromatic carbocycles. The quantitative estimate of drug-likeness (QED) is 0.718. The zero-order valence-electron chi connectivity index (χ0n) is 10.5. The largest absolute Gasteiger partial charge is 0.338 e. The van der Waals surface area contributed by atoms with Crippen molar-refractivity contribution in [2.24, 2.45) is 0 Å². The second kappa shape index (κ2) is 4.94. The Morgan fingerprint density at radius 2 is 1.82 bits per heavy atom. The van der Waals surface area contributed by atoms with Gasteiger partial charge in [0.05, 0.1) is 0 Å². The smallest absolute Gasteiger partial charge is 0.224 e. The van der Waals surface area contributed by atoms with Crippen molar-refractivity contribution in [1.82, 2.24) is 15.1 Å². The van der Waals surface area contributed by atoms with Gasteiger partial charge in [-0.05, 0) is 12.8 Å². The first kappa shape index (κ1) is 11.5. The van der Waals surface area contributed by atoms with Crippen LogP contribution in [0.2, 0.25) is 0 Å². The molecule has 3 fully saturated rings. The number of carbonyl (C=O) groups is 1. The van der Waals surface area contributed by atoms with Gasteiger partial charge in [0.2, 0.25) is 5.91 Å². The van der Waals surface area contributed by atoms with Gasteiger partial charge in [-0.3, -0.25) is 9.69 Å². The summed E-state index contributed by atoms with van der Waals surface area (Å²) in [7, 11) is 0. The molecule has 3 rings (SSSR count). The molecule has 3 heterocycles. The first-order valence-electron chi connectivity index (χ1n) is 7.10. The monoisotopic (exact) mass is 237 g/mol. The van der Waals surface area contributed by atoms with Crippen LogP contribution < -0.4 is 5.32 Å². The van der Waals surface area contributed by atoms with Gasteiger partial charge in [0.1, 0.15) is 0 Å². The van der Waals surface area contributed by atoms with Crippen LogP contribution in [0.5, 0.6) is 0 Å². The molecule has 1 amide bonds. The van der Waals surface area contributed by atoms with E-state index in [4.69, 9.17) is 0 Å². The minimum Gasteiger partial charge on any atom is -0.338 e. The van der Waals surface area contributed by atoms with Crippen molar-refractivity contribution < 1.29 is 4.79 Å². The van der Waals surface area contributed by atoms with Crippen molar-refractivity contribution in [3.63, 3.8) is 0 Å². The zero-order chi connectivity index (χ0) is 11.7. The third kappa shape index (κ3) is 2.20. The van der Waals surface area contributed by atoms with Gasteiger partial charge in [-0.25, -0.2) is 0 Å². The van der Waals surface area contributed by atoms with Crippen LogP contribution >= 0.6 is 0 Å². The molecule has 0 radical (unpaired) electrons. The van der Waals surface area contributed by atoms with Crippen LogP contribution in [0.1, 0.15) is 32.1 Å². The van der Waals surface area contributed by atoms with E-state index in [0.29, 0.717) is 18.0 Å². The minimum atomic E-state index is 0.403. The van der Waals surface area contributed by atoms with Gasteiger partial charge in [0, 0.05) is 51.2 Å². The van der Waals surface area contributed by atoms with E-state index < -0.39 is 0 Å². The van der Waals surface area contributed by atoms with Gasteiger partial charge in [0.25, 0.3) is 0 Å². The van der Waals surface area contributed by atoms with Crippen LogP contribution in [0.15, 0.2) is 0 Å². The predicted molar refractivity (Wildman–Crippen MR) is 66.8 cm³/mol. The molecular weight excluding hydrogens is 214 g/mol. The van der Waals surface area contributed by atoms with Crippen molar-refractivity contribution in [1.29, 1.82) is 0 Å². The Balaban J connectivity index is 1.73. The first-order chi connectivity index (χ1) is 8.36. The summed E-state index contributed by atoms with van der Waals surface area (Å²) in [5.74, 6) is 0.403. The molecule has 0 aliphatic carbocycles. The number of hydrogen-bond donors (Lipinski definition) is 1. The molecule has 3 saturated heterocycles. The number of nitrogens with one attached hydrogen (secondary N) is 1. The lowest BCUT2D eigenvalue weighted by Crippen LogP contribution is -2.52. The third-order valence-corrected chi connectivity index (χ3v) is 4.57. The van der Waals surface area contributed by atoms with Crippen molar-refractivity contribution in [2.45, 2.75) is 44.2 Å². The summed E-state index contributed by atoms with van der Waals surface area (Å²) in [4.78, 5) is 16.8. The number of amides is 1. The van der Waals surface area contributed by atoms with Crippen LogP contribution in [0.3, 0.4) is 0 Å². The normalized spacial score (nSPS) is 35.8. The van der Waals surface area contributed by atoms with E-state index in [1.807, 2.05) is 0 Å². The predicted octanol–water partition coefficient (Wildman–Crippen LogP) is 0.435. The van der Waals surface area contributed by atoms with E-state index in [1.165, 1.54) is 25.7 Å². The molecule has 1 N–H and O–H groups in total. The Hall–Kier alpha value is -0.610. The van der Waals surface area contributed by atoms with Crippen molar-refractivity contribution in [3.05, 3.63) is 0 Å². The number of hydrogen-bond acceptors (Lipinski definition) is 3. The number of fused-ring (bicyclic) bond motifs is 1. The van der Waals surface area contributed by atoms with Gasteiger partial charge < -0.3 is 10.2 Å². The Labute approximate surface area is 103 Å². The maximum atomic E-state index is 12.1. The summed E-state index contributed by atoms with van der Waals surface area (Å²) in [6.07, 6.45) is 5.80. The van der Waals surface area contributed by atoms with E-state index in [-0.39, 0.29) is 0 Å². The SMILES string of the molecule is O=C1CC(N2CCNCC2)C2CCCCCN12. The lowest BCUT2D eigenvalue weighted by atomic mass is 10.0. The van der Waals surface area contributed by atoms with Crippen LogP contribution in [-0.4, -0.2) is 60.5 Å². The first-order valence-corrected chi connectivity index (χ1v) is 7.10. The molecule has 4 nitrogen and oxygen atoms in total. The number of nitrogens with zero attached hydrogens (tertiary/aromatic N) is 2. The minimum absolute atomic E-state index is 0.403. The van der Waals surface area contributed by atoms with E-state index in [9.17, 15) is 4.79 Å². The van der Waals surface area contributed by atoms with Crippen LogP contribution in [0.25, 0.3) is 0 Å². The highest BCUT2D eigenvalue weighted by Crippen LogP contribution is 2.30. The highest BCUT2D eigenvalue weighted by Gasteiger charge is 2.42. The number of carbonyl (C=O) groups excluding carboxylic acids is 1. The van der Waals surface area contributed by atoms with Crippen LogP contribution in [0, 0.1) is 0 Å². The molecule has 0 bridgehead atoms. The average Bonchev–Trinajstić information content (AvgIpc) is 2.57. The molecule has 3 aliphatic rings. The van der Waals surface area contributed by atoms with E-state index in [2.05, 4.69) is 15.1 Å². The van der Waals surface area contributed by atoms with E-state index in [0.717, 1.165) is 39.1 Å². The summed E-state index contributed by atoms with van der Waals surface area (Å²) in [6, 6.07) is 1.02. The lowest BCUT2D eigenvalue weighted by molar-refractivity contribution is -0.128. The van der Waals surface area contributed by atoms with Gasteiger partial charge in [-0.1, -0.05) is 12.8 Å². The Bertz CT molecular complexity index is 288. The summed E-state index contributed by atoms with van der Waals surface area (Å²) >= 11 is 0. The molecule has 17 heavy (non-hydrogen) atoms. The van der Waals surface area contributed by atoms with E-state index in [1.54, 1.807) is 0 Å². The molecule has 0 aromatic rings. The van der Waals surface area contributed by atoms with Gasteiger partial charge >= 0.3 is 0 Å². The molecule has 0 aromatic heterocycles. The average molecular weight is 237 g/mol. The molecule has 2 unspecified atom stereocenters. The maximum Gasteiger partial charge on any atom is 0.224 e. The summed E-state index contributed by atoms with van der Waals surface area (Å²) in [5, 5.41) is 3.39. The molecular formula is C13H23N3O. The summed E-state index contributed by atoms with van der Waals surface area (Å²) < 4.78 is 0. The second-order valence-corrected chi connectivity index (χ2v) is 5.56.